The first-order valence-electron chi connectivity index (χ1n) is 9.92. The van der Waals surface area contributed by atoms with Gasteiger partial charge in [-0.25, -0.2) is 15.0 Å². The Labute approximate surface area is 183 Å². The zero-order valence-electron chi connectivity index (χ0n) is 17.2. The van der Waals surface area contributed by atoms with Crippen LogP contribution in [0.25, 0.3) is 50.6 Å². The molecule has 0 spiro atoms. The van der Waals surface area contributed by atoms with Crippen LogP contribution in [0.3, 0.4) is 0 Å². The summed E-state index contributed by atoms with van der Waals surface area (Å²) in [5, 5.41) is 5.23. The van der Waals surface area contributed by atoms with Crippen molar-refractivity contribution in [2.24, 2.45) is 12.8 Å². The standard InChI is InChI=1S/C24H19N7O/c1-31-13-19(11-30-31)17-7-15(2-3-23(25)32)6-16(8-17)18-9-20-21(12-28-24(20)27-10-18)22-4-5-26-14-29-22/h2-14H,1H3,(H2,25,32)(H,27,28)/b3-2+. The van der Waals surface area contributed by atoms with Gasteiger partial charge in [-0.2, -0.15) is 5.10 Å². The third-order valence-electron chi connectivity index (χ3n) is 5.16. The molecule has 0 bridgehead atoms. The van der Waals surface area contributed by atoms with Crippen LogP contribution in [0.4, 0.5) is 0 Å². The molecular formula is C24H19N7O. The fourth-order valence-corrected chi connectivity index (χ4v) is 3.65. The van der Waals surface area contributed by atoms with Crippen molar-refractivity contribution in [2.75, 3.05) is 0 Å². The van der Waals surface area contributed by atoms with Crippen molar-refractivity contribution >= 4 is 23.0 Å². The van der Waals surface area contributed by atoms with Gasteiger partial charge in [-0.3, -0.25) is 9.48 Å². The predicted molar refractivity (Wildman–Crippen MR) is 123 cm³/mol. The number of aromatic amines is 1. The second kappa shape index (κ2) is 7.92. The van der Waals surface area contributed by atoms with Gasteiger partial charge in [0.2, 0.25) is 5.91 Å². The van der Waals surface area contributed by atoms with Crippen molar-refractivity contribution in [2.45, 2.75) is 0 Å². The molecule has 0 unspecified atom stereocenters. The van der Waals surface area contributed by atoms with Gasteiger partial charge in [0.15, 0.2) is 0 Å². The number of amides is 1. The summed E-state index contributed by atoms with van der Waals surface area (Å²) in [5.74, 6) is -0.497. The first-order valence-corrected chi connectivity index (χ1v) is 9.92. The van der Waals surface area contributed by atoms with Gasteiger partial charge in [-0.05, 0) is 53.1 Å². The molecule has 0 aliphatic carbocycles. The number of nitrogens with one attached hydrogen (secondary N) is 1. The number of fused-ring (bicyclic) bond motifs is 1. The molecule has 8 heteroatoms. The Bertz CT molecular complexity index is 1460. The molecule has 0 atom stereocenters. The van der Waals surface area contributed by atoms with Crippen LogP contribution in [0.2, 0.25) is 0 Å². The van der Waals surface area contributed by atoms with E-state index in [2.05, 4.69) is 37.2 Å². The molecule has 156 valence electrons. The lowest BCUT2D eigenvalue weighted by Crippen LogP contribution is -2.05. The molecule has 1 aromatic carbocycles. The molecule has 0 fully saturated rings. The van der Waals surface area contributed by atoms with E-state index in [1.54, 1.807) is 17.0 Å². The molecule has 5 aromatic rings. The SMILES string of the molecule is Cn1cc(-c2cc(/C=C/C(N)=O)cc(-c3cnc4[nH]cc(-c5ccncn5)c4c3)c2)cn1. The Morgan fingerprint density at radius 1 is 1.06 bits per heavy atom. The van der Waals surface area contributed by atoms with Gasteiger partial charge in [0.05, 0.1) is 11.9 Å². The number of nitrogens with zero attached hydrogens (tertiary/aromatic N) is 5. The number of carbonyl (C=O) groups is 1. The number of primary amides is 1. The smallest absolute Gasteiger partial charge is 0.241 e. The summed E-state index contributed by atoms with van der Waals surface area (Å²) in [5.41, 5.74) is 12.5. The molecule has 0 aliphatic rings. The number of carbonyl (C=O) groups excluding carboxylic acids is 1. The van der Waals surface area contributed by atoms with E-state index in [0.717, 1.165) is 50.1 Å². The summed E-state index contributed by atoms with van der Waals surface area (Å²) in [7, 11) is 1.87. The molecule has 32 heavy (non-hydrogen) atoms. The zero-order chi connectivity index (χ0) is 22.1. The van der Waals surface area contributed by atoms with Gasteiger partial charge in [-0.15, -0.1) is 0 Å². The largest absolute Gasteiger partial charge is 0.366 e. The van der Waals surface area contributed by atoms with E-state index in [4.69, 9.17) is 5.73 Å². The lowest BCUT2D eigenvalue weighted by molar-refractivity contribution is -0.113. The highest BCUT2D eigenvalue weighted by Crippen LogP contribution is 2.32. The quantitative estimate of drug-likeness (QED) is 0.421. The van der Waals surface area contributed by atoms with E-state index >= 15 is 0 Å². The molecule has 0 saturated carbocycles. The number of aromatic nitrogens is 6. The molecule has 3 N–H and O–H groups in total. The van der Waals surface area contributed by atoms with E-state index in [1.807, 2.05) is 50.0 Å². The minimum atomic E-state index is -0.497. The van der Waals surface area contributed by atoms with Crippen molar-refractivity contribution in [3.8, 4) is 33.5 Å². The Morgan fingerprint density at radius 2 is 1.91 bits per heavy atom. The highest BCUT2D eigenvalue weighted by Gasteiger charge is 2.12. The van der Waals surface area contributed by atoms with Gasteiger partial charge < -0.3 is 10.7 Å². The van der Waals surface area contributed by atoms with E-state index in [0.29, 0.717) is 0 Å². The Morgan fingerprint density at radius 3 is 2.62 bits per heavy atom. The average molecular weight is 421 g/mol. The third-order valence-corrected chi connectivity index (χ3v) is 5.16. The van der Waals surface area contributed by atoms with Crippen LogP contribution in [0, 0.1) is 0 Å². The summed E-state index contributed by atoms with van der Waals surface area (Å²) in [6, 6.07) is 10.0. The van der Waals surface area contributed by atoms with E-state index < -0.39 is 5.91 Å². The van der Waals surface area contributed by atoms with Crippen LogP contribution >= 0.6 is 0 Å². The number of H-pyrrole nitrogens is 1. The third kappa shape index (κ3) is 3.77. The van der Waals surface area contributed by atoms with Crippen LogP contribution in [0.15, 0.2) is 73.7 Å². The van der Waals surface area contributed by atoms with Crippen LogP contribution < -0.4 is 5.73 Å². The van der Waals surface area contributed by atoms with Crippen molar-refractivity contribution in [1.82, 2.24) is 29.7 Å². The molecular weight excluding hydrogens is 402 g/mol. The Kier molecular flexibility index (Phi) is 4.79. The van der Waals surface area contributed by atoms with Crippen molar-refractivity contribution in [3.63, 3.8) is 0 Å². The van der Waals surface area contributed by atoms with E-state index in [9.17, 15) is 4.79 Å². The highest BCUT2D eigenvalue weighted by atomic mass is 16.1. The molecule has 4 heterocycles. The minimum Gasteiger partial charge on any atom is -0.366 e. The lowest BCUT2D eigenvalue weighted by atomic mass is 9.97. The number of rotatable bonds is 5. The number of pyridine rings is 1. The Hall–Kier alpha value is -4.59. The van der Waals surface area contributed by atoms with Gasteiger partial charge >= 0.3 is 0 Å². The Balaban J connectivity index is 1.66. The van der Waals surface area contributed by atoms with Gasteiger partial charge in [0.25, 0.3) is 0 Å². The average Bonchev–Trinajstić information content (AvgIpc) is 3.44. The van der Waals surface area contributed by atoms with Crippen molar-refractivity contribution < 1.29 is 4.79 Å². The lowest BCUT2D eigenvalue weighted by Gasteiger charge is -2.08. The second-order valence-electron chi connectivity index (χ2n) is 7.40. The molecule has 4 aromatic heterocycles. The van der Waals surface area contributed by atoms with Crippen LogP contribution in [-0.2, 0) is 11.8 Å². The topological polar surface area (TPSA) is 115 Å². The summed E-state index contributed by atoms with van der Waals surface area (Å²) in [6.45, 7) is 0. The van der Waals surface area contributed by atoms with Crippen molar-refractivity contribution in [1.29, 1.82) is 0 Å². The van der Waals surface area contributed by atoms with Gasteiger partial charge in [0.1, 0.15) is 12.0 Å². The maximum absolute atomic E-state index is 11.3. The van der Waals surface area contributed by atoms with Crippen LogP contribution in [0.5, 0.6) is 0 Å². The highest BCUT2D eigenvalue weighted by molar-refractivity contribution is 5.95. The number of hydrogen-bond donors (Lipinski definition) is 2. The summed E-state index contributed by atoms with van der Waals surface area (Å²) in [4.78, 5) is 27.4. The van der Waals surface area contributed by atoms with Gasteiger partial charge in [0, 0.05) is 60.0 Å². The number of hydrogen-bond acceptors (Lipinski definition) is 5. The first kappa shape index (κ1) is 19.4. The maximum atomic E-state index is 11.3. The molecule has 0 saturated heterocycles. The van der Waals surface area contributed by atoms with Crippen LogP contribution in [-0.4, -0.2) is 35.6 Å². The number of aryl methyl sites for hydroxylation is 1. The van der Waals surface area contributed by atoms with E-state index in [1.165, 1.54) is 12.4 Å². The summed E-state index contributed by atoms with van der Waals surface area (Å²) in [6.07, 6.45) is 13.8. The molecule has 8 nitrogen and oxygen atoms in total. The molecule has 0 radical (unpaired) electrons. The summed E-state index contributed by atoms with van der Waals surface area (Å²) < 4.78 is 1.75. The monoisotopic (exact) mass is 421 g/mol. The maximum Gasteiger partial charge on any atom is 0.241 e. The fraction of sp³-hybridized carbons (Fsp3) is 0.0417. The normalized spacial score (nSPS) is 11.4. The predicted octanol–water partition coefficient (Wildman–Crippen LogP) is 3.59. The zero-order valence-corrected chi connectivity index (χ0v) is 17.2. The first-order chi connectivity index (χ1) is 15.6. The molecule has 0 aliphatic heterocycles. The number of benzene rings is 1. The summed E-state index contributed by atoms with van der Waals surface area (Å²) >= 11 is 0. The minimum absolute atomic E-state index is 0.497. The van der Waals surface area contributed by atoms with E-state index in [-0.39, 0.29) is 0 Å². The number of nitrogens with two attached hydrogens (primary N) is 1. The molecule has 1 amide bonds. The fourth-order valence-electron chi connectivity index (χ4n) is 3.65. The van der Waals surface area contributed by atoms with Gasteiger partial charge in [-0.1, -0.05) is 0 Å². The van der Waals surface area contributed by atoms with Crippen LogP contribution in [0.1, 0.15) is 5.56 Å². The second-order valence-corrected chi connectivity index (χ2v) is 7.40. The van der Waals surface area contributed by atoms with Crippen molar-refractivity contribution in [3.05, 3.63) is 79.3 Å². The molecule has 5 rings (SSSR count).